The fraction of sp³-hybridized carbons (Fsp3) is 0.364. The van der Waals surface area contributed by atoms with Crippen LogP contribution in [0.4, 0.5) is 4.79 Å². The van der Waals surface area contributed by atoms with E-state index in [-0.39, 0.29) is 24.5 Å². The molecular weight excluding hydrogens is 372 g/mol. The smallest absolute Gasteiger partial charge is 0.315 e. The van der Waals surface area contributed by atoms with Gasteiger partial charge in [-0.1, -0.05) is 36.4 Å². The average Bonchev–Trinajstić information content (AvgIpc) is 2.72. The minimum absolute atomic E-state index is 0.00447. The molecule has 1 aliphatic rings. The van der Waals surface area contributed by atoms with E-state index in [1.165, 1.54) is 0 Å². The lowest BCUT2D eigenvalue weighted by Gasteiger charge is -2.23. The highest BCUT2D eigenvalue weighted by atomic mass is 16.6. The number of benzene rings is 2. The van der Waals surface area contributed by atoms with Gasteiger partial charge in [-0.2, -0.15) is 0 Å². The summed E-state index contributed by atoms with van der Waals surface area (Å²) in [6.45, 7) is 2.92. The monoisotopic (exact) mass is 398 g/mol. The molecule has 0 saturated heterocycles. The van der Waals surface area contributed by atoms with Gasteiger partial charge in [-0.3, -0.25) is 4.79 Å². The number of nitrogens with one attached hydrogen (secondary N) is 2. The Balaban J connectivity index is 1.60. The molecule has 3 N–H and O–H groups in total. The molecule has 2 aromatic carbocycles. The molecule has 0 spiro atoms. The number of carbonyl (C=O) groups is 2. The van der Waals surface area contributed by atoms with Gasteiger partial charge in [-0.15, -0.1) is 0 Å². The zero-order chi connectivity index (χ0) is 20.6. The summed E-state index contributed by atoms with van der Waals surface area (Å²) >= 11 is 0. The second-order valence-corrected chi connectivity index (χ2v) is 7.06. The maximum atomic E-state index is 12.5. The number of carbonyl (C=O) groups excluding carboxylic acids is 1. The molecule has 2 aromatic rings. The summed E-state index contributed by atoms with van der Waals surface area (Å²) in [5, 5.41) is 14.8. The standard InChI is InChI=1S/C22H26N2O5/c1-15(17-7-9-19-20(14-17)29-12-11-28-19)23-22(27)24-18(8-10-21(25)26)13-16-5-3-2-4-6-16/h2-7,9,14-15,18H,8,10-13H2,1H3,(H,25,26)(H2,23,24,27). The lowest BCUT2D eigenvalue weighted by molar-refractivity contribution is -0.137. The van der Waals surface area contributed by atoms with Crippen LogP contribution in [0.2, 0.25) is 0 Å². The van der Waals surface area contributed by atoms with Crippen LogP contribution in [-0.4, -0.2) is 36.4 Å². The Labute approximate surface area is 170 Å². The third kappa shape index (κ3) is 6.14. The van der Waals surface area contributed by atoms with Crippen LogP contribution in [-0.2, 0) is 11.2 Å². The molecule has 154 valence electrons. The number of carboxylic acids is 1. The molecule has 0 aromatic heterocycles. The summed E-state index contributed by atoms with van der Waals surface area (Å²) in [6.07, 6.45) is 0.922. The van der Waals surface area contributed by atoms with Gasteiger partial charge in [0.05, 0.1) is 6.04 Å². The summed E-state index contributed by atoms with van der Waals surface area (Å²) < 4.78 is 11.1. The number of ether oxygens (including phenoxy) is 2. The van der Waals surface area contributed by atoms with Gasteiger partial charge in [0.15, 0.2) is 11.5 Å². The lowest BCUT2D eigenvalue weighted by atomic mass is 10.0. The Hall–Kier alpha value is -3.22. The predicted molar refractivity (Wildman–Crippen MR) is 108 cm³/mol. The van der Waals surface area contributed by atoms with Crippen molar-refractivity contribution in [2.24, 2.45) is 0 Å². The van der Waals surface area contributed by atoms with Crippen molar-refractivity contribution in [2.45, 2.75) is 38.3 Å². The van der Waals surface area contributed by atoms with Gasteiger partial charge >= 0.3 is 12.0 Å². The second kappa shape index (κ2) is 9.82. The van der Waals surface area contributed by atoms with Crippen molar-refractivity contribution < 1.29 is 24.2 Å². The van der Waals surface area contributed by atoms with E-state index in [4.69, 9.17) is 14.6 Å². The number of amides is 2. The molecule has 29 heavy (non-hydrogen) atoms. The molecule has 2 unspecified atom stereocenters. The van der Waals surface area contributed by atoms with Crippen LogP contribution in [0.5, 0.6) is 11.5 Å². The number of aliphatic carboxylic acids is 1. The van der Waals surface area contributed by atoms with Crippen molar-refractivity contribution in [1.82, 2.24) is 10.6 Å². The lowest BCUT2D eigenvalue weighted by Crippen LogP contribution is -2.44. The van der Waals surface area contributed by atoms with Crippen LogP contribution in [0.15, 0.2) is 48.5 Å². The van der Waals surface area contributed by atoms with E-state index in [9.17, 15) is 9.59 Å². The van der Waals surface area contributed by atoms with Gasteiger partial charge in [0.25, 0.3) is 0 Å². The van der Waals surface area contributed by atoms with Gasteiger partial charge in [-0.05, 0) is 43.0 Å². The third-order valence-electron chi connectivity index (χ3n) is 4.78. The van der Waals surface area contributed by atoms with Gasteiger partial charge in [-0.25, -0.2) is 4.79 Å². The highest BCUT2D eigenvalue weighted by Gasteiger charge is 2.18. The maximum Gasteiger partial charge on any atom is 0.315 e. The molecule has 0 saturated carbocycles. The van der Waals surface area contributed by atoms with E-state index in [0.29, 0.717) is 37.6 Å². The van der Waals surface area contributed by atoms with E-state index in [1.54, 1.807) is 0 Å². The zero-order valence-electron chi connectivity index (χ0n) is 16.4. The van der Waals surface area contributed by atoms with E-state index in [1.807, 2.05) is 55.5 Å². The first-order chi connectivity index (χ1) is 14.0. The highest BCUT2D eigenvalue weighted by Crippen LogP contribution is 2.32. The highest BCUT2D eigenvalue weighted by molar-refractivity contribution is 5.75. The fourth-order valence-electron chi connectivity index (χ4n) is 3.26. The average molecular weight is 398 g/mol. The van der Waals surface area contributed by atoms with Crippen LogP contribution in [0.25, 0.3) is 0 Å². The van der Waals surface area contributed by atoms with Crippen LogP contribution >= 0.6 is 0 Å². The molecule has 0 aliphatic carbocycles. The summed E-state index contributed by atoms with van der Waals surface area (Å²) in [6, 6.07) is 14.4. The Bertz CT molecular complexity index is 840. The first kappa shape index (κ1) is 20.5. The zero-order valence-corrected chi connectivity index (χ0v) is 16.4. The van der Waals surface area contributed by atoms with Crippen LogP contribution < -0.4 is 20.1 Å². The number of rotatable bonds is 8. The largest absolute Gasteiger partial charge is 0.486 e. The third-order valence-corrected chi connectivity index (χ3v) is 4.78. The molecular formula is C22H26N2O5. The van der Waals surface area contributed by atoms with E-state index in [2.05, 4.69) is 10.6 Å². The molecule has 3 rings (SSSR count). The fourth-order valence-corrected chi connectivity index (χ4v) is 3.26. The van der Waals surface area contributed by atoms with Crippen molar-refractivity contribution >= 4 is 12.0 Å². The van der Waals surface area contributed by atoms with Gasteiger partial charge in [0.1, 0.15) is 13.2 Å². The van der Waals surface area contributed by atoms with Gasteiger partial charge < -0.3 is 25.2 Å². The second-order valence-electron chi connectivity index (χ2n) is 7.06. The SMILES string of the molecule is CC(NC(=O)NC(CCC(=O)O)Cc1ccccc1)c1ccc2c(c1)OCCO2. The molecule has 7 nitrogen and oxygen atoms in total. The number of hydrogen-bond acceptors (Lipinski definition) is 4. The molecule has 7 heteroatoms. The van der Waals surface area contributed by atoms with Crippen molar-refractivity contribution in [3.63, 3.8) is 0 Å². The quantitative estimate of drug-likeness (QED) is 0.634. The van der Waals surface area contributed by atoms with Gasteiger partial charge in [0, 0.05) is 12.5 Å². The first-order valence-electron chi connectivity index (χ1n) is 9.73. The predicted octanol–water partition coefficient (Wildman–Crippen LogP) is 3.29. The first-order valence-corrected chi connectivity index (χ1v) is 9.73. The van der Waals surface area contributed by atoms with Crippen LogP contribution in [0, 0.1) is 0 Å². The minimum atomic E-state index is -0.880. The van der Waals surface area contributed by atoms with Crippen molar-refractivity contribution in [3.8, 4) is 11.5 Å². The van der Waals surface area contributed by atoms with Gasteiger partial charge in [0.2, 0.25) is 0 Å². The topological polar surface area (TPSA) is 96.9 Å². The number of carboxylic acid groups (broad SMARTS) is 1. The van der Waals surface area contributed by atoms with Crippen molar-refractivity contribution in [3.05, 3.63) is 59.7 Å². The van der Waals surface area contributed by atoms with Crippen molar-refractivity contribution in [1.29, 1.82) is 0 Å². The van der Waals surface area contributed by atoms with Crippen molar-refractivity contribution in [2.75, 3.05) is 13.2 Å². The number of hydrogen-bond donors (Lipinski definition) is 3. The van der Waals surface area contributed by atoms with E-state index in [0.717, 1.165) is 11.1 Å². The van der Waals surface area contributed by atoms with Crippen LogP contribution in [0.3, 0.4) is 0 Å². The molecule has 2 atom stereocenters. The molecule has 0 radical (unpaired) electrons. The number of fused-ring (bicyclic) bond motifs is 1. The minimum Gasteiger partial charge on any atom is -0.486 e. The Kier molecular flexibility index (Phi) is 6.94. The molecule has 2 amide bonds. The summed E-state index contributed by atoms with van der Waals surface area (Å²) in [4.78, 5) is 23.5. The van der Waals surface area contributed by atoms with E-state index < -0.39 is 5.97 Å². The Morgan fingerprint density at radius 2 is 1.76 bits per heavy atom. The maximum absolute atomic E-state index is 12.5. The molecule has 1 heterocycles. The van der Waals surface area contributed by atoms with Crippen LogP contribution in [0.1, 0.15) is 36.9 Å². The normalized spacial score (nSPS) is 14.5. The summed E-state index contributed by atoms with van der Waals surface area (Å²) in [5.41, 5.74) is 1.94. The number of urea groups is 1. The summed E-state index contributed by atoms with van der Waals surface area (Å²) in [5.74, 6) is 0.495. The Morgan fingerprint density at radius 1 is 1.03 bits per heavy atom. The summed E-state index contributed by atoms with van der Waals surface area (Å²) in [7, 11) is 0. The molecule has 0 fully saturated rings. The van der Waals surface area contributed by atoms with E-state index >= 15 is 0 Å². The molecule has 1 aliphatic heterocycles. The molecule has 0 bridgehead atoms. The Morgan fingerprint density at radius 3 is 2.48 bits per heavy atom.